The Kier molecular flexibility index (Phi) is 20.8. The van der Waals surface area contributed by atoms with Gasteiger partial charge in [-0.1, -0.05) is 41.5 Å². The second-order valence-corrected chi connectivity index (χ2v) is 5.15. The minimum atomic E-state index is -4.00. The molecular weight excluding hydrogens is 281 g/mol. The van der Waals surface area contributed by atoms with Gasteiger partial charge in [0, 0.05) is 20.4 Å². The van der Waals surface area contributed by atoms with Gasteiger partial charge < -0.3 is 10.2 Å². The minimum Gasteiger partial charge on any atom is -0.312 e. The van der Waals surface area contributed by atoms with Gasteiger partial charge in [-0.3, -0.25) is 13.8 Å². The monoisotopic (exact) mass is 315 g/mol. The molecule has 0 aliphatic carbocycles. The van der Waals surface area contributed by atoms with Crippen LogP contribution in [0.25, 0.3) is 0 Å². The number of hydrogen-bond acceptors (Lipinski definition) is 5. The fraction of sp³-hybridized carbons (Fsp3) is 0.923. The van der Waals surface area contributed by atoms with Gasteiger partial charge in [0.15, 0.2) is 0 Å². The summed E-state index contributed by atoms with van der Waals surface area (Å²) in [5.41, 5.74) is 0. The maximum absolute atomic E-state index is 11.2. The molecule has 0 radical (unpaired) electrons. The van der Waals surface area contributed by atoms with Gasteiger partial charge in [-0.05, 0) is 6.92 Å². The molecule has 2 N–H and O–H groups in total. The van der Waals surface area contributed by atoms with Crippen LogP contribution in [0.2, 0.25) is 0 Å². The van der Waals surface area contributed by atoms with Gasteiger partial charge in [-0.2, -0.15) is 0 Å². The summed E-state index contributed by atoms with van der Waals surface area (Å²) in [5.74, 6) is -0.0959. The maximum Gasteiger partial charge on any atom is 0.472 e. The lowest BCUT2D eigenvalue weighted by Gasteiger charge is -2.12. The Bertz CT molecular complexity index is 265. The predicted octanol–water partition coefficient (Wildman–Crippen LogP) is 3.40. The highest BCUT2D eigenvalue weighted by molar-refractivity contribution is 7.47. The fourth-order valence-electron chi connectivity index (χ4n) is 0.851. The minimum absolute atomic E-state index is 0. The topological polar surface area (TPSA) is 84.9 Å². The Balaban J connectivity index is -0.000000264. The van der Waals surface area contributed by atoms with E-state index in [4.69, 9.17) is 4.89 Å². The summed E-state index contributed by atoms with van der Waals surface area (Å²) in [6.45, 7) is 13.8. The largest absolute Gasteiger partial charge is 0.472 e. The lowest BCUT2D eigenvalue weighted by Crippen LogP contribution is -2.26. The van der Waals surface area contributed by atoms with Crippen LogP contribution < -0.4 is 5.32 Å². The molecule has 0 aromatic heterocycles. The van der Waals surface area contributed by atoms with Crippen molar-refractivity contribution in [3.8, 4) is 0 Å². The van der Waals surface area contributed by atoms with Crippen LogP contribution in [-0.2, 0) is 18.4 Å². The Hall–Kier alpha value is -0.260. The first-order chi connectivity index (χ1) is 9.33. The van der Waals surface area contributed by atoms with Crippen molar-refractivity contribution < 1.29 is 24.7 Å². The first kappa shape index (κ1) is 24.7. The second kappa shape index (κ2) is 16.8. The highest BCUT2D eigenvalue weighted by Gasteiger charge is 2.20. The van der Waals surface area contributed by atoms with Crippen LogP contribution >= 0.6 is 7.82 Å². The molecule has 0 rings (SSSR count). The lowest BCUT2D eigenvalue weighted by atomic mass is 10.3. The first-order valence-corrected chi connectivity index (χ1v) is 8.68. The zero-order valence-electron chi connectivity index (χ0n) is 13.9. The number of carbonyl (C=O) groups excluding carboxylic acids is 1. The molecule has 6 nitrogen and oxygen atoms in total. The van der Waals surface area contributed by atoms with E-state index in [1.165, 1.54) is 6.92 Å². The molecule has 7 heteroatoms. The Morgan fingerprint density at radius 1 is 1.20 bits per heavy atom. The van der Waals surface area contributed by atoms with Gasteiger partial charge in [-0.15, -0.1) is 0 Å². The van der Waals surface area contributed by atoms with E-state index in [1.807, 2.05) is 41.5 Å². The summed E-state index contributed by atoms with van der Waals surface area (Å²) in [6.07, 6.45) is 0.109. The quantitative estimate of drug-likeness (QED) is 0.501. The standard InChI is InChI=1S/C9H20NO5P.2C2H6.H2/c1-8(2)10-5-7-15-16(12,13)14-6-4-9(3)11;2*1-2;/h8,10H,4-7H2,1-3H3,(H,12,13);2*1-2H3;1H. The summed E-state index contributed by atoms with van der Waals surface area (Å²) < 4.78 is 20.5. The number of ketones is 1. The number of Topliss-reactive ketones (excluding diaryl/α,β-unsaturated/α-hetero) is 1. The first-order valence-electron chi connectivity index (χ1n) is 7.18. The van der Waals surface area contributed by atoms with Crippen molar-refractivity contribution >= 4 is 13.6 Å². The molecule has 0 spiro atoms. The molecule has 0 aliphatic rings. The van der Waals surface area contributed by atoms with Gasteiger partial charge >= 0.3 is 7.82 Å². The van der Waals surface area contributed by atoms with E-state index in [0.29, 0.717) is 12.6 Å². The Morgan fingerprint density at radius 3 is 2.05 bits per heavy atom. The molecule has 0 aliphatic heterocycles. The van der Waals surface area contributed by atoms with Crippen molar-refractivity contribution in [3.63, 3.8) is 0 Å². The van der Waals surface area contributed by atoms with Crippen LogP contribution in [0, 0.1) is 0 Å². The molecule has 0 aromatic carbocycles. The number of carbonyl (C=O) groups is 1. The smallest absolute Gasteiger partial charge is 0.312 e. The van der Waals surface area contributed by atoms with Gasteiger partial charge in [0.25, 0.3) is 0 Å². The third kappa shape index (κ3) is 22.9. The van der Waals surface area contributed by atoms with Crippen LogP contribution in [0.1, 0.15) is 56.3 Å². The molecule has 0 saturated heterocycles. The molecule has 0 aromatic rings. The van der Waals surface area contributed by atoms with Crippen molar-refractivity contribution in [1.29, 1.82) is 0 Å². The summed E-state index contributed by atoms with van der Waals surface area (Å²) in [5, 5.41) is 3.03. The van der Waals surface area contributed by atoms with Crippen molar-refractivity contribution in [2.45, 2.75) is 60.9 Å². The summed E-state index contributed by atoms with van der Waals surface area (Å²) >= 11 is 0. The van der Waals surface area contributed by atoms with E-state index in [1.54, 1.807) is 0 Å². The van der Waals surface area contributed by atoms with E-state index in [0.717, 1.165) is 0 Å². The molecule has 0 fully saturated rings. The fourth-order valence-corrected chi connectivity index (χ4v) is 1.57. The molecule has 1 unspecified atom stereocenters. The number of phosphoric acid groups is 1. The van der Waals surface area contributed by atoms with Gasteiger partial charge in [-0.25, -0.2) is 4.57 Å². The number of hydrogen-bond donors (Lipinski definition) is 2. The van der Waals surface area contributed by atoms with Crippen LogP contribution in [0.4, 0.5) is 0 Å². The van der Waals surface area contributed by atoms with Gasteiger partial charge in [0.05, 0.1) is 13.2 Å². The molecule has 0 amide bonds. The average molecular weight is 315 g/mol. The van der Waals surface area contributed by atoms with E-state index < -0.39 is 7.82 Å². The van der Waals surface area contributed by atoms with Crippen LogP contribution in [0.15, 0.2) is 0 Å². The lowest BCUT2D eigenvalue weighted by molar-refractivity contribution is -0.117. The molecule has 0 bridgehead atoms. The SMILES string of the molecule is CC.CC.CC(=O)CCOP(=O)(O)OCCNC(C)C.[HH]. The third-order valence-electron chi connectivity index (χ3n) is 1.62. The van der Waals surface area contributed by atoms with Gasteiger partial charge in [0.1, 0.15) is 5.78 Å². The second-order valence-electron chi connectivity index (χ2n) is 3.70. The van der Waals surface area contributed by atoms with E-state index in [9.17, 15) is 9.36 Å². The van der Waals surface area contributed by atoms with E-state index in [2.05, 4.69) is 14.4 Å². The van der Waals surface area contributed by atoms with Crippen molar-refractivity contribution in [3.05, 3.63) is 0 Å². The molecule has 0 saturated carbocycles. The number of rotatable bonds is 9. The Morgan fingerprint density at radius 2 is 1.65 bits per heavy atom. The molecule has 1 atom stereocenters. The van der Waals surface area contributed by atoms with Crippen molar-refractivity contribution in [2.24, 2.45) is 0 Å². The highest BCUT2D eigenvalue weighted by atomic mass is 31.2. The number of nitrogens with one attached hydrogen (secondary N) is 1. The van der Waals surface area contributed by atoms with Crippen LogP contribution in [-0.4, -0.2) is 36.5 Å². The van der Waals surface area contributed by atoms with Crippen LogP contribution in [0.5, 0.6) is 0 Å². The average Bonchev–Trinajstić information content (AvgIpc) is 2.38. The molecule has 0 heterocycles. The third-order valence-corrected chi connectivity index (χ3v) is 2.64. The van der Waals surface area contributed by atoms with Crippen molar-refractivity contribution in [2.75, 3.05) is 19.8 Å². The summed E-state index contributed by atoms with van der Waals surface area (Å²) in [6, 6.07) is 0.292. The van der Waals surface area contributed by atoms with E-state index >= 15 is 0 Å². The summed E-state index contributed by atoms with van der Waals surface area (Å²) in [4.78, 5) is 19.7. The highest BCUT2D eigenvalue weighted by Crippen LogP contribution is 2.42. The van der Waals surface area contributed by atoms with E-state index in [-0.39, 0.29) is 26.8 Å². The molecule has 126 valence electrons. The zero-order valence-corrected chi connectivity index (χ0v) is 14.8. The predicted molar refractivity (Wildman–Crippen MR) is 85.0 cm³/mol. The molecular formula is C13H34NO5P. The van der Waals surface area contributed by atoms with Crippen molar-refractivity contribution in [1.82, 2.24) is 5.32 Å². The normalized spacial score (nSPS) is 12.7. The summed E-state index contributed by atoms with van der Waals surface area (Å²) in [7, 11) is -4.00. The molecule has 20 heavy (non-hydrogen) atoms. The van der Waals surface area contributed by atoms with Crippen LogP contribution in [0.3, 0.4) is 0 Å². The Labute approximate surface area is 125 Å². The zero-order chi connectivity index (χ0) is 16.6. The van der Waals surface area contributed by atoms with Gasteiger partial charge in [0.2, 0.25) is 0 Å². The maximum atomic E-state index is 11.2. The number of phosphoric ester groups is 1.